The molecule has 0 spiro atoms. The summed E-state index contributed by atoms with van der Waals surface area (Å²) in [7, 11) is 0. The third-order valence-electron chi connectivity index (χ3n) is 6.93. The quantitative estimate of drug-likeness (QED) is 0.362. The molecule has 1 saturated heterocycles. The number of likely N-dealkylation sites (tertiary alicyclic amines) is 1. The topological polar surface area (TPSA) is 35.9 Å². The number of ether oxygens (including phenoxy) is 3. The van der Waals surface area contributed by atoms with Crippen molar-refractivity contribution in [2.75, 3.05) is 26.4 Å². The van der Waals surface area contributed by atoms with Gasteiger partial charge in [-0.25, -0.2) is 0 Å². The van der Waals surface area contributed by atoms with Crippen LogP contribution < -0.4 is 9.47 Å². The van der Waals surface area contributed by atoms with Gasteiger partial charge in [-0.05, 0) is 36.1 Å². The van der Waals surface area contributed by atoms with Crippen molar-refractivity contribution < 1.29 is 14.2 Å². The predicted octanol–water partition coefficient (Wildman–Crippen LogP) is 5.64. The average molecular weight is 455 g/mol. The molecule has 0 amide bonds. The van der Waals surface area contributed by atoms with Crippen LogP contribution in [-0.4, -0.2) is 42.0 Å². The van der Waals surface area contributed by atoms with Gasteiger partial charge in [0.15, 0.2) is 11.5 Å². The van der Waals surface area contributed by atoms with Crippen molar-refractivity contribution in [3.8, 4) is 11.5 Å². The largest absolute Gasteiger partial charge is 0.454 e. The molecule has 174 valence electrons. The van der Waals surface area contributed by atoms with Crippen LogP contribution >= 0.6 is 0 Å². The lowest BCUT2D eigenvalue weighted by molar-refractivity contribution is -0.0272. The van der Waals surface area contributed by atoms with Crippen molar-refractivity contribution in [1.82, 2.24) is 9.47 Å². The molecule has 6 rings (SSSR count). The molecule has 0 atom stereocenters. The van der Waals surface area contributed by atoms with Gasteiger partial charge in [-0.3, -0.25) is 0 Å². The second-order valence-corrected chi connectivity index (χ2v) is 9.21. The van der Waals surface area contributed by atoms with Crippen LogP contribution in [0.1, 0.15) is 30.1 Å². The smallest absolute Gasteiger partial charge is 0.231 e. The van der Waals surface area contributed by atoms with Crippen LogP contribution in [0, 0.1) is 0 Å². The number of benzene rings is 3. The maximum Gasteiger partial charge on any atom is 0.231 e. The van der Waals surface area contributed by atoms with Gasteiger partial charge in [0.05, 0.1) is 6.10 Å². The molecule has 0 N–H and O–H groups in total. The molecule has 0 saturated carbocycles. The van der Waals surface area contributed by atoms with Gasteiger partial charge < -0.3 is 23.7 Å². The number of piperidine rings is 1. The maximum atomic E-state index is 6.70. The molecule has 5 heteroatoms. The van der Waals surface area contributed by atoms with Gasteiger partial charge in [-0.15, -0.1) is 0 Å². The number of hydrogen-bond acceptors (Lipinski definition) is 4. The van der Waals surface area contributed by atoms with Crippen LogP contribution in [0.25, 0.3) is 10.8 Å². The van der Waals surface area contributed by atoms with Crippen molar-refractivity contribution in [3.05, 3.63) is 96.3 Å². The zero-order chi connectivity index (χ0) is 22.7. The summed E-state index contributed by atoms with van der Waals surface area (Å²) in [6, 6.07) is 25.3. The van der Waals surface area contributed by atoms with Crippen LogP contribution in [0.4, 0.5) is 0 Å². The van der Waals surface area contributed by atoms with E-state index in [4.69, 9.17) is 14.2 Å². The molecule has 34 heavy (non-hydrogen) atoms. The molecule has 2 aliphatic rings. The highest BCUT2D eigenvalue weighted by molar-refractivity contribution is 5.86. The first-order chi connectivity index (χ1) is 16.8. The molecule has 1 aromatic heterocycles. The minimum Gasteiger partial charge on any atom is -0.454 e. The van der Waals surface area contributed by atoms with E-state index in [1.807, 2.05) is 0 Å². The zero-order valence-corrected chi connectivity index (χ0v) is 19.3. The van der Waals surface area contributed by atoms with E-state index in [0.717, 1.165) is 50.5 Å². The summed E-state index contributed by atoms with van der Waals surface area (Å²) in [5.41, 5.74) is 2.44. The van der Waals surface area contributed by atoms with Gasteiger partial charge in [-0.2, -0.15) is 0 Å². The van der Waals surface area contributed by atoms with Gasteiger partial charge in [0, 0.05) is 49.3 Å². The van der Waals surface area contributed by atoms with E-state index in [1.54, 1.807) is 0 Å². The van der Waals surface area contributed by atoms with Gasteiger partial charge in [0.2, 0.25) is 6.79 Å². The Morgan fingerprint density at radius 1 is 0.765 bits per heavy atom. The molecule has 2 aliphatic heterocycles. The molecule has 1 fully saturated rings. The fourth-order valence-corrected chi connectivity index (χ4v) is 5.04. The van der Waals surface area contributed by atoms with Crippen LogP contribution in [0.15, 0.2) is 85.2 Å². The first-order valence-electron chi connectivity index (χ1n) is 12.2. The summed E-state index contributed by atoms with van der Waals surface area (Å²) in [4.78, 5) is 2.55. The lowest BCUT2D eigenvalue weighted by atomic mass is 10.00. The van der Waals surface area contributed by atoms with Gasteiger partial charge in [0.25, 0.3) is 0 Å². The van der Waals surface area contributed by atoms with Crippen LogP contribution in [0.5, 0.6) is 11.5 Å². The van der Waals surface area contributed by atoms with Crippen LogP contribution in [0.3, 0.4) is 0 Å². The third kappa shape index (κ3) is 4.54. The number of rotatable bonds is 7. The van der Waals surface area contributed by atoms with Crippen LogP contribution in [-0.2, 0) is 11.3 Å². The summed E-state index contributed by atoms with van der Waals surface area (Å²) in [5, 5.41) is 2.40. The van der Waals surface area contributed by atoms with Crippen molar-refractivity contribution in [2.45, 2.75) is 31.6 Å². The molecule has 4 aromatic rings. The average Bonchev–Trinajstić information content (AvgIpc) is 3.52. The highest BCUT2D eigenvalue weighted by Gasteiger charge is 2.24. The Morgan fingerprint density at radius 2 is 1.32 bits per heavy atom. The third-order valence-corrected chi connectivity index (χ3v) is 6.93. The lowest BCUT2D eigenvalue weighted by Crippen LogP contribution is -2.39. The van der Waals surface area contributed by atoms with E-state index >= 15 is 0 Å². The van der Waals surface area contributed by atoms with Crippen LogP contribution in [0.2, 0.25) is 0 Å². The number of nitrogens with zero attached hydrogens (tertiary/aromatic N) is 2. The summed E-state index contributed by atoms with van der Waals surface area (Å²) >= 11 is 0. The van der Waals surface area contributed by atoms with E-state index in [1.165, 1.54) is 21.9 Å². The van der Waals surface area contributed by atoms with E-state index in [2.05, 4.69) is 94.7 Å². The van der Waals surface area contributed by atoms with E-state index < -0.39 is 0 Å². The van der Waals surface area contributed by atoms with Gasteiger partial charge >= 0.3 is 0 Å². The number of fused-ring (bicyclic) bond motifs is 2. The Morgan fingerprint density at radius 3 is 1.88 bits per heavy atom. The normalized spacial score (nSPS) is 16.5. The van der Waals surface area contributed by atoms with E-state index in [-0.39, 0.29) is 12.2 Å². The first kappa shape index (κ1) is 21.3. The molecular weight excluding hydrogens is 424 g/mol. The number of hydrogen-bond donors (Lipinski definition) is 0. The second kappa shape index (κ2) is 9.53. The standard InChI is InChI=1S/C29H30N2O3/c1-3-7-22(8-4-1)29(23-9-5-2-6-10-23)34-26-11-13-30(14-12-26)15-16-31-19-24-17-27-28(33-21-32-27)18-25(24)20-31/h1-10,17-20,26,29H,11-16,21H2. The fourth-order valence-electron chi connectivity index (χ4n) is 5.04. The minimum atomic E-state index is -0.0131. The maximum absolute atomic E-state index is 6.70. The monoisotopic (exact) mass is 454 g/mol. The molecule has 3 aromatic carbocycles. The fraction of sp³-hybridized carbons (Fsp3) is 0.310. The Hall–Kier alpha value is -3.28. The Kier molecular flexibility index (Phi) is 5.96. The van der Waals surface area contributed by atoms with Gasteiger partial charge in [0.1, 0.15) is 6.10 Å². The molecule has 3 heterocycles. The molecule has 5 nitrogen and oxygen atoms in total. The highest BCUT2D eigenvalue weighted by atomic mass is 16.7. The predicted molar refractivity (Wildman–Crippen MR) is 133 cm³/mol. The molecule has 0 aliphatic carbocycles. The molecule has 0 unspecified atom stereocenters. The Labute approximate surface area is 200 Å². The molecule has 0 bridgehead atoms. The van der Waals surface area contributed by atoms with Crippen molar-refractivity contribution in [2.24, 2.45) is 0 Å². The first-order valence-corrected chi connectivity index (χ1v) is 12.2. The van der Waals surface area contributed by atoms with E-state index in [0.29, 0.717) is 6.79 Å². The summed E-state index contributed by atoms with van der Waals surface area (Å²) in [6.07, 6.45) is 6.80. The minimum absolute atomic E-state index is 0.0131. The second-order valence-electron chi connectivity index (χ2n) is 9.21. The molecular formula is C29H30N2O3. The van der Waals surface area contributed by atoms with Crippen molar-refractivity contribution in [1.29, 1.82) is 0 Å². The summed E-state index contributed by atoms with van der Waals surface area (Å²) < 4.78 is 20.0. The number of aromatic nitrogens is 1. The lowest BCUT2D eigenvalue weighted by Gasteiger charge is -2.34. The SMILES string of the molecule is c1ccc(C(OC2CCN(CCn3cc4cc5c(cc4c3)OCO5)CC2)c2ccccc2)cc1. The molecule has 0 radical (unpaired) electrons. The van der Waals surface area contributed by atoms with E-state index in [9.17, 15) is 0 Å². The Bertz CT molecular complexity index is 1150. The van der Waals surface area contributed by atoms with Gasteiger partial charge in [-0.1, -0.05) is 60.7 Å². The summed E-state index contributed by atoms with van der Waals surface area (Å²) in [6.45, 7) is 4.47. The Balaban J connectivity index is 1.05. The zero-order valence-electron chi connectivity index (χ0n) is 19.3. The van der Waals surface area contributed by atoms with Crippen molar-refractivity contribution >= 4 is 10.8 Å². The highest BCUT2D eigenvalue weighted by Crippen LogP contribution is 2.36. The summed E-state index contributed by atoms with van der Waals surface area (Å²) in [5.74, 6) is 1.69. The van der Waals surface area contributed by atoms with Crippen molar-refractivity contribution in [3.63, 3.8) is 0 Å².